The third-order valence-corrected chi connectivity index (χ3v) is 4.16. The number of aryl methyl sites for hydroxylation is 1. The van der Waals surface area contributed by atoms with E-state index in [2.05, 4.69) is 14.9 Å². The molecule has 0 spiro atoms. The summed E-state index contributed by atoms with van der Waals surface area (Å²) in [5.74, 6) is 1.57. The van der Waals surface area contributed by atoms with Crippen LogP contribution in [-0.4, -0.2) is 46.0 Å². The minimum atomic E-state index is 0.225. The van der Waals surface area contributed by atoms with Crippen molar-refractivity contribution in [3.8, 4) is 0 Å². The molecular weight excluding hydrogens is 228 g/mol. The first-order valence-electron chi connectivity index (χ1n) is 6.75. The fourth-order valence-electron chi connectivity index (χ4n) is 3.07. The van der Waals surface area contributed by atoms with E-state index in [9.17, 15) is 4.79 Å². The van der Waals surface area contributed by atoms with Crippen LogP contribution in [0.3, 0.4) is 0 Å². The maximum absolute atomic E-state index is 12.2. The number of carbonyl (C=O) groups excluding carboxylic acids is 1. The van der Waals surface area contributed by atoms with Crippen molar-refractivity contribution in [2.24, 2.45) is 5.92 Å². The molecule has 1 amide bonds. The van der Waals surface area contributed by atoms with Crippen LogP contribution in [0.15, 0.2) is 12.4 Å². The van der Waals surface area contributed by atoms with Crippen LogP contribution < -0.4 is 5.32 Å². The van der Waals surface area contributed by atoms with Crippen molar-refractivity contribution < 1.29 is 4.79 Å². The molecule has 5 heteroatoms. The van der Waals surface area contributed by atoms with E-state index in [0.717, 1.165) is 44.8 Å². The molecule has 0 aliphatic carbocycles. The lowest BCUT2D eigenvalue weighted by molar-refractivity contribution is -0.131. The highest BCUT2D eigenvalue weighted by atomic mass is 16.2. The van der Waals surface area contributed by atoms with Crippen molar-refractivity contribution in [2.45, 2.75) is 32.4 Å². The topological polar surface area (TPSA) is 50.2 Å². The first-order chi connectivity index (χ1) is 8.75. The monoisotopic (exact) mass is 248 g/mol. The number of aromatic nitrogens is 2. The van der Waals surface area contributed by atoms with E-state index in [1.807, 2.05) is 24.2 Å². The first kappa shape index (κ1) is 11.7. The average molecular weight is 248 g/mol. The molecule has 1 N–H and O–H groups in total. The minimum Gasteiger partial charge on any atom is -0.339 e. The molecule has 1 aromatic rings. The SMILES string of the molecule is Cc1nccn1CCN1CC2NCCCC2C1=O. The van der Waals surface area contributed by atoms with Gasteiger partial charge < -0.3 is 14.8 Å². The lowest BCUT2D eigenvalue weighted by Crippen LogP contribution is -2.41. The van der Waals surface area contributed by atoms with Crippen LogP contribution in [-0.2, 0) is 11.3 Å². The molecule has 5 nitrogen and oxygen atoms in total. The molecule has 2 saturated heterocycles. The van der Waals surface area contributed by atoms with Gasteiger partial charge in [-0.2, -0.15) is 0 Å². The molecule has 3 rings (SSSR count). The fraction of sp³-hybridized carbons (Fsp3) is 0.692. The van der Waals surface area contributed by atoms with E-state index in [-0.39, 0.29) is 5.92 Å². The first-order valence-corrected chi connectivity index (χ1v) is 6.75. The predicted molar refractivity (Wildman–Crippen MR) is 68.1 cm³/mol. The maximum Gasteiger partial charge on any atom is 0.227 e. The third-order valence-electron chi connectivity index (χ3n) is 4.16. The zero-order valence-corrected chi connectivity index (χ0v) is 10.8. The number of amides is 1. The van der Waals surface area contributed by atoms with Crippen LogP contribution in [0, 0.1) is 12.8 Å². The number of hydrogen-bond acceptors (Lipinski definition) is 3. The van der Waals surface area contributed by atoms with Gasteiger partial charge in [0.1, 0.15) is 5.82 Å². The van der Waals surface area contributed by atoms with Crippen molar-refractivity contribution in [2.75, 3.05) is 19.6 Å². The molecule has 2 atom stereocenters. The lowest BCUT2D eigenvalue weighted by Gasteiger charge is -2.23. The highest BCUT2D eigenvalue weighted by molar-refractivity contribution is 5.82. The van der Waals surface area contributed by atoms with Crippen molar-refractivity contribution in [3.05, 3.63) is 18.2 Å². The van der Waals surface area contributed by atoms with E-state index in [4.69, 9.17) is 0 Å². The normalized spacial score (nSPS) is 27.6. The Morgan fingerprint density at radius 3 is 3.11 bits per heavy atom. The summed E-state index contributed by atoms with van der Waals surface area (Å²) in [4.78, 5) is 18.5. The summed E-state index contributed by atoms with van der Waals surface area (Å²) in [5.41, 5.74) is 0. The molecule has 1 aromatic heterocycles. The number of fused-ring (bicyclic) bond motifs is 1. The van der Waals surface area contributed by atoms with E-state index >= 15 is 0 Å². The molecule has 18 heavy (non-hydrogen) atoms. The molecule has 0 bridgehead atoms. The molecule has 0 radical (unpaired) electrons. The number of imidazole rings is 1. The van der Waals surface area contributed by atoms with Crippen molar-refractivity contribution >= 4 is 5.91 Å². The summed E-state index contributed by atoms with van der Waals surface area (Å²) < 4.78 is 2.10. The second-order valence-electron chi connectivity index (χ2n) is 5.26. The van der Waals surface area contributed by atoms with Gasteiger partial charge in [0.15, 0.2) is 0 Å². The number of carbonyl (C=O) groups is 1. The lowest BCUT2D eigenvalue weighted by atomic mass is 9.94. The number of nitrogens with zero attached hydrogens (tertiary/aromatic N) is 3. The van der Waals surface area contributed by atoms with E-state index in [1.165, 1.54) is 0 Å². The quantitative estimate of drug-likeness (QED) is 0.842. The number of hydrogen-bond donors (Lipinski definition) is 1. The zero-order chi connectivity index (χ0) is 12.5. The van der Waals surface area contributed by atoms with Gasteiger partial charge in [-0.3, -0.25) is 4.79 Å². The van der Waals surface area contributed by atoms with Crippen LogP contribution in [0.5, 0.6) is 0 Å². The summed E-state index contributed by atoms with van der Waals surface area (Å²) in [6, 6.07) is 0.384. The van der Waals surface area contributed by atoms with E-state index in [1.54, 1.807) is 0 Å². The van der Waals surface area contributed by atoms with Gasteiger partial charge in [0.05, 0.1) is 5.92 Å². The molecule has 3 heterocycles. The molecular formula is C13H20N4O. The van der Waals surface area contributed by atoms with Gasteiger partial charge in [-0.15, -0.1) is 0 Å². The largest absolute Gasteiger partial charge is 0.339 e. The van der Waals surface area contributed by atoms with Gasteiger partial charge in [0, 0.05) is 38.1 Å². The fourth-order valence-corrected chi connectivity index (χ4v) is 3.07. The van der Waals surface area contributed by atoms with Gasteiger partial charge in [-0.05, 0) is 26.3 Å². The Labute approximate surface area is 107 Å². The summed E-state index contributed by atoms with van der Waals surface area (Å²) in [6.45, 7) is 5.56. The van der Waals surface area contributed by atoms with Crippen LogP contribution in [0.25, 0.3) is 0 Å². The van der Waals surface area contributed by atoms with Crippen LogP contribution >= 0.6 is 0 Å². The minimum absolute atomic E-state index is 0.225. The van der Waals surface area contributed by atoms with Gasteiger partial charge in [-0.25, -0.2) is 4.98 Å². The molecule has 2 unspecified atom stereocenters. The number of rotatable bonds is 3. The van der Waals surface area contributed by atoms with Crippen molar-refractivity contribution in [1.29, 1.82) is 0 Å². The predicted octanol–water partition coefficient (Wildman–Crippen LogP) is 0.402. The maximum atomic E-state index is 12.2. The Morgan fingerprint density at radius 2 is 2.39 bits per heavy atom. The average Bonchev–Trinajstić information content (AvgIpc) is 2.92. The Morgan fingerprint density at radius 1 is 1.50 bits per heavy atom. The summed E-state index contributed by atoms with van der Waals surface area (Å²) in [5, 5.41) is 3.46. The van der Waals surface area contributed by atoms with Crippen LogP contribution in [0.2, 0.25) is 0 Å². The van der Waals surface area contributed by atoms with Gasteiger partial charge in [0.2, 0.25) is 5.91 Å². The number of piperidine rings is 1. The second-order valence-corrected chi connectivity index (χ2v) is 5.26. The Balaban J connectivity index is 1.60. The van der Waals surface area contributed by atoms with Crippen LogP contribution in [0.4, 0.5) is 0 Å². The van der Waals surface area contributed by atoms with E-state index in [0.29, 0.717) is 11.9 Å². The molecule has 98 valence electrons. The van der Waals surface area contributed by atoms with Crippen LogP contribution in [0.1, 0.15) is 18.7 Å². The summed E-state index contributed by atoms with van der Waals surface area (Å²) >= 11 is 0. The zero-order valence-electron chi connectivity index (χ0n) is 10.8. The van der Waals surface area contributed by atoms with Gasteiger partial charge >= 0.3 is 0 Å². The third kappa shape index (κ3) is 2.03. The Bertz CT molecular complexity index is 442. The highest BCUT2D eigenvalue weighted by Gasteiger charge is 2.40. The van der Waals surface area contributed by atoms with Gasteiger partial charge in [0.25, 0.3) is 0 Å². The van der Waals surface area contributed by atoms with Crippen molar-refractivity contribution in [1.82, 2.24) is 19.8 Å². The molecule has 2 fully saturated rings. The standard InChI is InChI=1S/C13H20N4O/c1-10-14-5-6-16(10)7-8-17-9-12-11(13(17)18)3-2-4-15-12/h5-6,11-12,15H,2-4,7-9H2,1H3. The smallest absolute Gasteiger partial charge is 0.227 e. The molecule has 2 aliphatic rings. The molecule has 0 saturated carbocycles. The van der Waals surface area contributed by atoms with E-state index < -0.39 is 0 Å². The Kier molecular flexibility index (Phi) is 3.07. The van der Waals surface area contributed by atoms with Gasteiger partial charge in [-0.1, -0.05) is 0 Å². The Hall–Kier alpha value is -1.36. The highest BCUT2D eigenvalue weighted by Crippen LogP contribution is 2.26. The number of nitrogens with one attached hydrogen (secondary N) is 1. The molecule has 2 aliphatic heterocycles. The number of likely N-dealkylation sites (tertiary alicyclic amines) is 1. The summed E-state index contributed by atoms with van der Waals surface area (Å²) in [6.07, 6.45) is 5.96. The van der Waals surface area contributed by atoms with Crippen molar-refractivity contribution in [3.63, 3.8) is 0 Å². The molecule has 0 aromatic carbocycles. The summed E-state index contributed by atoms with van der Waals surface area (Å²) in [7, 11) is 0. The second kappa shape index (κ2) is 4.72.